The maximum Gasteiger partial charge on any atom is 0.262 e. The van der Waals surface area contributed by atoms with Crippen molar-refractivity contribution in [1.29, 1.82) is 0 Å². The smallest absolute Gasteiger partial charge is 0.262 e. The van der Waals surface area contributed by atoms with Crippen LogP contribution in [0.3, 0.4) is 0 Å². The molecule has 44 heavy (non-hydrogen) atoms. The number of amides is 2. The number of para-hydroxylation sites is 1. The number of carbonyl (C=O) groups is 2. The molecule has 0 bridgehead atoms. The lowest BCUT2D eigenvalue weighted by Gasteiger charge is -2.42. The van der Waals surface area contributed by atoms with Crippen molar-refractivity contribution in [2.75, 3.05) is 22.1 Å². The minimum atomic E-state index is -0.913. The Morgan fingerprint density at radius 3 is 2.30 bits per heavy atom. The molecule has 1 heterocycles. The molecule has 0 saturated carbocycles. The van der Waals surface area contributed by atoms with Gasteiger partial charge in [0.2, 0.25) is 5.91 Å². The Morgan fingerprint density at radius 2 is 1.64 bits per heavy atom. The maximum absolute atomic E-state index is 15.3. The average Bonchev–Trinajstić information content (AvgIpc) is 2.99. The van der Waals surface area contributed by atoms with Crippen LogP contribution < -0.4 is 15.5 Å². The van der Waals surface area contributed by atoms with E-state index >= 15 is 4.39 Å². The summed E-state index contributed by atoms with van der Waals surface area (Å²) in [5, 5.41) is 26.0. The second-order valence-corrected chi connectivity index (χ2v) is 12.1. The van der Waals surface area contributed by atoms with Crippen molar-refractivity contribution in [1.82, 2.24) is 0 Å². The zero-order valence-corrected chi connectivity index (χ0v) is 25.4. The van der Waals surface area contributed by atoms with E-state index in [-0.39, 0.29) is 18.1 Å². The van der Waals surface area contributed by atoms with Crippen molar-refractivity contribution in [3.8, 4) is 0 Å². The van der Waals surface area contributed by atoms with Gasteiger partial charge in [-0.1, -0.05) is 48.5 Å². The van der Waals surface area contributed by atoms with Crippen molar-refractivity contribution in [2.24, 2.45) is 5.92 Å². The van der Waals surface area contributed by atoms with Crippen LogP contribution in [0.5, 0.6) is 0 Å². The summed E-state index contributed by atoms with van der Waals surface area (Å²) < 4.78 is 15.3. The van der Waals surface area contributed by atoms with Gasteiger partial charge in [-0.15, -0.1) is 0 Å². The van der Waals surface area contributed by atoms with Crippen LogP contribution in [0.1, 0.15) is 58.1 Å². The van der Waals surface area contributed by atoms with Crippen molar-refractivity contribution in [3.05, 3.63) is 124 Å². The minimum absolute atomic E-state index is 0.0351. The van der Waals surface area contributed by atoms with Crippen LogP contribution in [0.25, 0.3) is 0 Å². The average molecular weight is 596 g/mol. The Morgan fingerprint density at radius 1 is 0.932 bits per heavy atom. The number of hydrogen-bond acceptors (Lipinski definition) is 5. The number of aliphatic hydroxyl groups excluding tert-OH is 1. The molecule has 4 aromatic rings. The molecule has 1 aliphatic heterocycles. The Hall–Kier alpha value is -4.53. The van der Waals surface area contributed by atoms with Gasteiger partial charge in [0.05, 0.1) is 29.7 Å². The van der Waals surface area contributed by atoms with Gasteiger partial charge in [-0.05, 0) is 98.3 Å². The highest BCUT2D eigenvalue weighted by Crippen LogP contribution is 2.44. The van der Waals surface area contributed by atoms with E-state index < -0.39 is 29.3 Å². The molecule has 2 atom stereocenters. The van der Waals surface area contributed by atoms with Crippen molar-refractivity contribution in [3.63, 3.8) is 0 Å². The van der Waals surface area contributed by atoms with Crippen LogP contribution in [-0.4, -0.2) is 34.2 Å². The normalized spacial score (nSPS) is 16.3. The van der Waals surface area contributed by atoms with Crippen LogP contribution in [0, 0.1) is 25.6 Å². The summed E-state index contributed by atoms with van der Waals surface area (Å²) >= 11 is 0. The first-order valence-electron chi connectivity index (χ1n) is 14.7. The number of fused-ring (bicyclic) bond motifs is 1. The molecule has 228 valence electrons. The van der Waals surface area contributed by atoms with E-state index in [0.29, 0.717) is 35.5 Å². The molecule has 8 heteroatoms. The first-order valence-corrected chi connectivity index (χ1v) is 14.7. The fraction of sp³-hybridized carbons (Fsp3) is 0.278. The minimum Gasteiger partial charge on any atom is -0.392 e. The van der Waals surface area contributed by atoms with Gasteiger partial charge in [0.1, 0.15) is 5.82 Å². The number of aliphatic hydroxyl groups is 2. The van der Waals surface area contributed by atoms with Crippen LogP contribution in [0.4, 0.5) is 21.5 Å². The molecule has 0 aliphatic carbocycles. The number of benzene rings is 4. The summed E-state index contributed by atoms with van der Waals surface area (Å²) in [5.41, 5.74) is 4.66. The number of halogens is 1. The van der Waals surface area contributed by atoms with Gasteiger partial charge in [-0.25, -0.2) is 4.39 Å². The van der Waals surface area contributed by atoms with Crippen LogP contribution in [0.15, 0.2) is 84.9 Å². The van der Waals surface area contributed by atoms with E-state index in [4.69, 9.17) is 0 Å². The van der Waals surface area contributed by atoms with Crippen LogP contribution in [-0.2, 0) is 17.8 Å². The summed E-state index contributed by atoms with van der Waals surface area (Å²) in [6, 6.07) is 24.0. The highest BCUT2D eigenvalue weighted by atomic mass is 19.1. The number of anilines is 3. The van der Waals surface area contributed by atoms with Gasteiger partial charge >= 0.3 is 0 Å². The standard InChI is InChI=1S/C36H38FN3O4/c1-22-8-7-10-30(37)32(22)35(43)40-31-11-6-5-9-25(31)19-29(34(42)39-28-17-14-26(20-41)23(2)18-28)33(40)24-12-15-27(16-13-24)38-21-36(3,4)44/h5-18,29,33,38,41,44H,19-21H2,1-4H3,(H,39,42)/t29-,33-/m0/s1. The van der Waals surface area contributed by atoms with Crippen molar-refractivity contribution >= 4 is 28.9 Å². The molecule has 4 N–H and O–H groups in total. The third-order valence-electron chi connectivity index (χ3n) is 8.10. The molecule has 0 fully saturated rings. The summed E-state index contributed by atoms with van der Waals surface area (Å²) in [6.07, 6.45) is 0.360. The van der Waals surface area contributed by atoms with E-state index in [1.807, 2.05) is 61.5 Å². The topological polar surface area (TPSA) is 102 Å². The van der Waals surface area contributed by atoms with E-state index in [1.54, 1.807) is 49.9 Å². The van der Waals surface area contributed by atoms with E-state index in [2.05, 4.69) is 10.6 Å². The molecule has 0 radical (unpaired) electrons. The predicted octanol–water partition coefficient (Wildman–Crippen LogP) is 6.32. The molecular formula is C36H38FN3O4. The quantitative estimate of drug-likeness (QED) is 0.191. The molecule has 0 unspecified atom stereocenters. The van der Waals surface area contributed by atoms with Gasteiger partial charge in [0.15, 0.2) is 0 Å². The van der Waals surface area contributed by atoms with E-state index in [1.165, 1.54) is 6.07 Å². The summed E-state index contributed by atoms with van der Waals surface area (Å²) in [5.74, 6) is -2.15. The van der Waals surface area contributed by atoms with Crippen molar-refractivity contribution in [2.45, 2.75) is 52.4 Å². The Kier molecular flexibility index (Phi) is 8.85. The van der Waals surface area contributed by atoms with Crippen molar-refractivity contribution < 1.29 is 24.2 Å². The fourth-order valence-electron chi connectivity index (χ4n) is 5.78. The summed E-state index contributed by atoms with van der Waals surface area (Å²) in [7, 11) is 0. The molecule has 0 saturated heterocycles. The summed E-state index contributed by atoms with van der Waals surface area (Å²) in [4.78, 5) is 30.1. The monoisotopic (exact) mass is 595 g/mol. The lowest BCUT2D eigenvalue weighted by atomic mass is 9.80. The third-order valence-corrected chi connectivity index (χ3v) is 8.10. The second-order valence-electron chi connectivity index (χ2n) is 12.1. The third kappa shape index (κ3) is 6.51. The van der Waals surface area contributed by atoms with Gasteiger partial charge in [-0.3, -0.25) is 14.5 Å². The number of hydrogen-bond donors (Lipinski definition) is 4. The highest BCUT2D eigenvalue weighted by Gasteiger charge is 2.43. The van der Waals surface area contributed by atoms with E-state index in [0.717, 1.165) is 22.4 Å². The number of carbonyl (C=O) groups excluding carboxylic acids is 2. The number of rotatable bonds is 8. The first kappa shape index (κ1) is 30.9. The number of nitrogens with zero attached hydrogens (tertiary/aromatic N) is 1. The lowest BCUT2D eigenvalue weighted by molar-refractivity contribution is -0.120. The highest BCUT2D eigenvalue weighted by molar-refractivity contribution is 6.09. The largest absolute Gasteiger partial charge is 0.392 e. The molecule has 0 spiro atoms. The molecule has 7 nitrogen and oxygen atoms in total. The van der Waals surface area contributed by atoms with Gasteiger partial charge in [0, 0.05) is 23.6 Å². The maximum atomic E-state index is 15.3. The van der Waals surface area contributed by atoms with Gasteiger partial charge in [0.25, 0.3) is 5.91 Å². The number of aryl methyl sites for hydroxylation is 2. The molecule has 1 aliphatic rings. The van der Waals surface area contributed by atoms with Gasteiger partial charge in [-0.2, -0.15) is 0 Å². The number of nitrogens with one attached hydrogen (secondary N) is 2. The first-order chi connectivity index (χ1) is 21.0. The van der Waals surface area contributed by atoms with Gasteiger partial charge < -0.3 is 20.8 Å². The van der Waals surface area contributed by atoms with Crippen LogP contribution in [0.2, 0.25) is 0 Å². The predicted molar refractivity (Wildman–Crippen MR) is 171 cm³/mol. The van der Waals surface area contributed by atoms with E-state index in [9.17, 15) is 19.8 Å². The zero-order chi connectivity index (χ0) is 31.6. The Labute approximate surface area is 257 Å². The molecular weight excluding hydrogens is 557 g/mol. The lowest BCUT2D eigenvalue weighted by Crippen LogP contribution is -2.47. The Balaban J connectivity index is 1.61. The molecule has 5 rings (SSSR count). The molecule has 2 amide bonds. The Bertz CT molecular complexity index is 1660. The summed E-state index contributed by atoms with van der Waals surface area (Å²) in [6.45, 7) is 7.22. The van der Waals surface area contributed by atoms with Crippen LogP contribution >= 0.6 is 0 Å². The second kappa shape index (κ2) is 12.6. The molecule has 4 aromatic carbocycles. The fourth-order valence-corrected chi connectivity index (χ4v) is 5.78. The zero-order valence-electron chi connectivity index (χ0n) is 25.4. The SMILES string of the molecule is Cc1cc(NC(=O)[C@H]2Cc3ccccc3N(C(=O)c3c(C)cccc3F)[C@H]2c2ccc(NCC(C)(C)O)cc2)ccc1CO. The molecule has 0 aromatic heterocycles.